The first-order chi connectivity index (χ1) is 14.0. The van der Waals surface area contributed by atoms with Crippen molar-refractivity contribution in [3.63, 3.8) is 0 Å². The Hall–Kier alpha value is -2.54. The summed E-state index contributed by atoms with van der Waals surface area (Å²) < 4.78 is 11.9. The van der Waals surface area contributed by atoms with E-state index in [1.165, 1.54) is 0 Å². The highest BCUT2D eigenvalue weighted by molar-refractivity contribution is 9.10. The molecule has 1 aliphatic carbocycles. The number of amides is 2. The van der Waals surface area contributed by atoms with Gasteiger partial charge in [0.25, 0.3) is 5.91 Å². The highest BCUT2D eigenvalue weighted by atomic mass is 79.9. The Bertz CT molecular complexity index is 883. The molecule has 1 fully saturated rings. The van der Waals surface area contributed by atoms with Gasteiger partial charge in [0.05, 0.1) is 7.11 Å². The van der Waals surface area contributed by atoms with Crippen molar-refractivity contribution in [2.45, 2.75) is 32.2 Å². The minimum atomic E-state index is -0.120. The number of halogens is 1. The molecule has 0 spiro atoms. The maximum Gasteiger partial charge on any atom is 0.260 e. The number of ether oxygens (including phenoxy) is 2. The number of hydrogen-bond acceptors (Lipinski definition) is 4. The lowest BCUT2D eigenvalue weighted by Crippen LogP contribution is -2.38. The molecular formula is C22H25BrN2O4. The first-order valence-corrected chi connectivity index (χ1v) is 10.4. The van der Waals surface area contributed by atoms with Gasteiger partial charge < -0.3 is 19.7 Å². The molecule has 2 aromatic rings. The number of anilines is 1. The predicted octanol–water partition coefficient (Wildman–Crippen LogP) is 4.16. The van der Waals surface area contributed by atoms with Crippen LogP contribution in [0.4, 0.5) is 5.69 Å². The van der Waals surface area contributed by atoms with Crippen LogP contribution in [0.15, 0.2) is 46.9 Å². The Morgan fingerprint density at radius 3 is 2.55 bits per heavy atom. The largest absolute Gasteiger partial charge is 0.493 e. The van der Waals surface area contributed by atoms with Crippen molar-refractivity contribution in [2.24, 2.45) is 0 Å². The van der Waals surface area contributed by atoms with Gasteiger partial charge in [-0.2, -0.15) is 0 Å². The van der Waals surface area contributed by atoms with Gasteiger partial charge in [-0.05, 0) is 55.7 Å². The fourth-order valence-corrected chi connectivity index (χ4v) is 3.27. The van der Waals surface area contributed by atoms with E-state index in [0.717, 1.165) is 28.6 Å². The summed E-state index contributed by atoms with van der Waals surface area (Å²) in [5.74, 6) is 0.881. The van der Waals surface area contributed by atoms with E-state index in [0.29, 0.717) is 18.0 Å². The Kier molecular flexibility index (Phi) is 7.14. The van der Waals surface area contributed by atoms with Crippen LogP contribution >= 0.6 is 15.9 Å². The maximum atomic E-state index is 12.7. The maximum absolute atomic E-state index is 12.7. The molecule has 6 nitrogen and oxygen atoms in total. The second-order valence-corrected chi connectivity index (χ2v) is 7.87. The van der Waals surface area contributed by atoms with E-state index in [1.54, 1.807) is 24.1 Å². The normalized spacial score (nSPS) is 12.9. The number of hydrogen-bond donors (Lipinski definition) is 1. The summed E-state index contributed by atoms with van der Waals surface area (Å²) >= 11 is 3.45. The van der Waals surface area contributed by atoms with E-state index < -0.39 is 0 Å². The number of benzene rings is 2. The smallest absolute Gasteiger partial charge is 0.260 e. The minimum Gasteiger partial charge on any atom is -0.493 e. The van der Waals surface area contributed by atoms with Gasteiger partial charge in [0.2, 0.25) is 5.91 Å². The Morgan fingerprint density at radius 2 is 1.90 bits per heavy atom. The third-order valence-electron chi connectivity index (χ3n) is 4.75. The van der Waals surface area contributed by atoms with Crippen LogP contribution in [0, 0.1) is 6.92 Å². The average molecular weight is 461 g/mol. The summed E-state index contributed by atoms with van der Waals surface area (Å²) in [7, 11) is 1.56. The molecule has 3 rings (SSSR count). The highest BCUT2D eigenvalue weighted by Crippen LogP contribution is 2.29. The number of carbonyl (C=O) groups is 2. The third-order valence-corrected chi connectivity index (χ3v) is 5.64. The number of nitrogens with one attached hydrogen (secondary N) is 1. The van der Waals surface area contributed by atoms with E-state index in [2.05, 4.69) is 21.2 Å². The van der Waals surface area contributed by atoms with E-state index in [-0.39, 0.29) is 30.9 Å². The zero-order valence-corrected chi connectivity index (χ0v) is 18.2. The first-order valence-electron chi connectivity index (χ1n) is 9.59. The SMILES string of the molecule is COc1ccccc1OCC(=O)N(CCC(=O)Nc1ccc(Br)c(C)c1)C1CC1. The molecule has 0 heterocycles. The van der Waals surface area contributed by atoms with Crippen LogP contribution in [-0.4, -0.2) is 43.0 Å². The molecular weight excluding hydrogens is 436 g/mol. The van der Waals surface area contributed by atoms with Crippen molar-refractivity contribution in [3.05, 3.63) is 52.5 Å². The lowest BCUT2D eigenvalue weighted by molar-refractivity contribution is -0.134. The van der Waals surface area contributed by atoms with Crippen LogP contribution in [0.3, 0.4) is 0 Å². The zero-order valence-electron chi connectivity index (χ0n) is 16.6. The number of nitrogens with zero attached hydrogens (tertiary/aromatic N) is 1. The summed E-state index contributed by atoms with van der Waals surface area (Å²) in [4.78, 5) is 26.8. The van der Waals surface area contributed by atoms with E-state index >= 15 is 0 Å². The van der Waals surface area contributed by atoms with Gasteiger partial charge in [-0.15, -0.1) is 0 Å². The van der Waals surface area contributed by atoms with Gasteiger partial charge in [0, 0.05) is 29.2 Å². The average Bonchev–Trinajstić information content (AvgIpc) is 3.54. The van der Waals surface area contributed by atoms with Crippen LogP contribution in [0.25, 0.3) is 0 Å². The predicted molar refractivity (Wildman–Crippen MR) is 115 cm³/mol. The van der Waals surface area contributed by atoms with Crippen molar-refractivity contribution >= 4 is 33.4 Å². The molecule has 2 amide bonds. The highest BCUT2D eigenvalue weighted by Gasteiger charge is 2.32. The molecule has 0 saturated heterocycles. The van der Waals surface area contributed by atoms with E-state index in [1.807, 2.05) is 37.3 Å². The van der Waals surface area contributed by atoms with Gasteiger partial charge in [-0.25, -0.2) is 0 Å². The summed E-state index contributed by atoms with van der Waals surface area (Å²) in [5.41, 5.74) is 1.80. The van der Waals surface area contributed by atoms with Crippen LogP contribution in [0.2, 0.25) is 0 Å². The number of rotatable bonds is 9. The van der Waals surface area contributed by atoms with Crippen LogP contribution in [0.5, 0.6) is 11.5 Å². The van der Waals surface area contributed by atoms with Gasteiger partial charge in [0.15, 0.2) is 18.1 Å². The van der Waals surface area contributed by atoms with Crippen molar-refractivity contribution in [1.29, 1.82) is 0 Å². The number of carbonyl (C=O) groups excluding carboxylic acids is 2. The lowest BCUT2D eigenvalue weighted by Gasteiger charge is -2.22. The minimum absolute atomic E-state index is 0.0790. The van der Waals surface area contributed by atoms with E-state index in [4.69, 9.17) is 9.47 Å². The molecule has 7 heteroatoms. The molecule has 1 aliphatic rings. The summed E-state index contributed by atoms with van der Waals surface area (Å²) in [6.45, 7) is 2.26. The Balaban J connectivity index is 1.52. The summed E-state index contributed by atoms with van der Waals surface area (Å²) in [6.07, 6.45) is 2.17. The molecule has 0 bridgehead atoms. The topological polar surface area (TPSA) is 67.9 Å². The van der Waals surface area contributed by atoms with Crippen LogP contribution in [0.1, 0.15) is 24.8 Å². The third kappa shape index (κ3) is 5.97. The van der Waals surface area contributed by atoms with Gasteiger partial charge in [-0.3, -0.25) is 9.59 Å². The second-order valence-electron chi connectivity index (χ2n) is 7.02. The van der Waals surface area contributed by atoms with Crippen molar-refractivity contribution in [1.82, 2.24) is 4.90 Å². The molecule has 29 heavy (non-hydrogen) atoms. The number of methoxy groups -OCH3 is 1. The van der Waals surface area contributed by atoms with Gasteiger partial charge >= 0.3 is 0 Å². The standard InChI is InChI=1S/C22H25BrN2O4/c1-15-13-16(7-10-18(15)23)24-21(26)11-12-25(17-8-9-17)22(27)14-29-20-6-4-3-5-19(20)28-2/h3-7,10,13,17H,8-9,11-12,14H2,1-2H3,(H,24,26). The molecule has 0 unspecified atom stereocenters. The van der Waals surface area contributed by atoms with Gasteiger partial charge in [0.1, 0.15) is 0 Å². The molecule has 0 aromatic heterocycles. The molecule has 0 aliphatic heterocycles. The second kappa shape index (κ2) is 9.78. The molecule has 0 atom stereocenters. The summed E-state index contributed by atoms with van der Waals surface area (Å²) in [5, 5.41) is 2.89. The zero-order chi connectivity index (χ0) is 20.8. The Labute approximate surface area is 179 Å². The molecule has 0 radical (unpaired) electrons. The number of para-hydroxylation sites is 2. The quantitative estimate of drug-likeness (QED) is 0.609. The molecule has 1 N–H and O–H groups in total. The fourth-order valence-electron chi connectivity index (χ4n) is 3.03. The lowest BCUT2D eigenvalue weighted by atomic mass is 10.2. The summed E-state index contributed by atoms with van der Waals surface area (Å²) in [6, 6.07) is 13.1. The van der Waals surface area contributed by atoms with Gasteiger partial charge in [-0.1, -0.05) is 28.1 Å². The molecule has 154 valence electrons. The van der Waals surface area contributed by atoms with Crippen LogP contribution in [-0.2, 0) is 9.59 Å². The Morgan fingerprint density at radius 1 is 1.17 bits per heavy atom. The van der Waals surface area contributed by atoms with Crippen molar-refractivity contribution in [3.8, 4) is 11.5 Å². The fraction of sp³-hybridized carbons (Fsp3) is 0.364. The molecule has 2 aromatic carbocycles. The first kappa shape index (κ1) is 21.2. The monoisotopic (exact) mass is 460 g/mol. The van der Waals surface area contributed by atoms with Crippen LogP contribution < -0.4 is 14.8 Å². The molecule has 1 saturated carbocycles. The van der Waals surface area contributed by atoms with Crippen molar-refractivity contribution in [2.75, 3.05) is 25.6 Å². The number of aryl methyl sites for hydroxylation is 1. The van der Waals surface area contributed by atoms with E-state index in [9.17, 15) is 9.59 Å². The van der Waals surface area contributed by atoms with Crippen molar-refractivity contribution < 1.29 is 19.1 Å².